The zero-order valence-electron chi connectivity index (χ0n) is 9.02. The molecule has 3 atom stereocenters. The molecule has 0 radical (unpaired) electrons. The van der Waals surface area contributed by atoms with E-state index in [1.54, 1.807) is 0 Å². The summed E-state index contributed by atoms with van der Waals surface area (Å²) in [5, 5.41) is 5.45. The van der Waals surface area contributed by atoms with Gasteiger partial charge in [0.15, 0.2) is 0 Å². The van der Waals surface area contributed by atoms with Gasteiger partial charge in [0.2, 0.25) is 0 Å². The first kappa shape index (κ1) is 10.3. The Bertz CT molecular complexity index is 364. The molecule has 0 aliphatic carbocycles. The largest absolute Gasteiger partial charge is 0.458 e. The first-order valence-corrected chi connectivity index (χ1v) is 6.70. The van der Waals surface area contributed by atoms with Gasteiger partial charge in [0.25, 0.3) is 0 Å². The highest BCUT2D eigenvalue weighted by Gasteiger charge is 2.35. The molecule has 2 aliphatic rings. The predicted molar refractivity (Wildman–Crippen MR) is 62.7 cm³/mol. The third-order valence-corrected chi connectivity index (χ3v) is 4.28. The van der Waals surface area contributed by atoms with Crippen LogP contribution in [0.3, 0.4) is 0 Å². The molecule has 86 valence electrons. The van der Waals surface area contributed by atoms with Gasteiger partial charge in [-0.3, -0.25) is 0 Å². The number of nitrogens with one attached hydrogen (secondary N) is 1. The number of piperidine rings is 1. The summed E-state index contributed by atoms with van der Waals surface area (Å²) < 4.78 is 5.55. The Balaban J connectivity index is 1.61. The summed E-state index contributed by atoms with van der Waals surface area (Å²) in [6.07, 6.45) is 4.55. The van der Waals surface area contributed by atoms with E-state index in [1.165, 1.54) is 24.2 Å². The predicted octanol–water partition coefficient (Wildman–Crippen LogP) is 2.19. The minimum atomic E-state index is -0.152. The second-order valence-corrected chi connectivity index (χ2v) is 5.56. The molecule has 1 N–H and O–H groups in total. The molecular formula is C12H15NO2S. The second kappa shape index (κ2) is 4.18. The van der Waals surface area contributed by atoms with Crippen LogP contribution in [0.4, 0.5) is 0 Å². The molecule has 1 unspecified atom stereocenters. The van der Waals surface area contributed by atoms with Gasteiger partial charge in [-0.2, -0.15) is 0 Å². The van der Waals surface area contributed by atoms with Crippen molar-refractivity contribution in [3.05, 3.63) is 22.4 Å². The lowest BCUT2D eigenvalue weighted by Crippen LogP contribution is -2.42. The molecule has 0 spiro atoms. The number of ether oxygens (including phenoxy) is 1. The second-order valence-electron chi connectivity index (χ2n) is 4.61. The van der Waals surface area contributed by atoms with Crippen LogP contribution in [-0.4, -0.2) is 24.2 Å². The maximum absolute atomic E-state index is 11.8. The number of hydrogen-bond donors (Lipinski definition) is 1. The molecule has 3 heterocycles. The topological polar surface area (TPSA) is 38.3 Å². The normalized spacial score (nSPS) is 32.6. The third-order valence-electron chi connectivity index (χ3n) is 3.43. The molecule has 3 rings (SSSR count). The van der Waals surface area contributed by atoms with E-state index in [2.05, 4.69) is 5.32 Å². The number of carbonyl (C=O) groups is 1. The van der Waals surface area contributed by atoms with Gasteiger partial charge >= 0.3 is 5.97 Å². The minimum absolute atomic E-state index is 0.119. The van der Waals surface area contributed by atoms with Crippen molar-refractivity contribution in [3.63, 3.8) is 0 Å². The van der Waals surface area contributed by atoms with Crippen LogP contribution in [0.2, 0.25) is 0 Å². The number of hydrogen-bond acceptors (Lipinski definition) is 4. The Labute approximate surface area is 98.8 Å². The third kappa shape index (κ3) is 1.99. The molecule has 0 aromatic carbocycles. The van der Waals surface area contributed by atoms with Crippen LogP contribution in [0.5, 0.6) is 0 Å². The van der Waals surface area contributed by atoms with Crippen molar-refractivity contribution >= 4 is 17.3 Å². The molecule has 1 aromatic rings. The van der Waals surface area contributed by atoms with Gasteiger partial charge in [-0.25, -0.2) is 4.79 Å². The monoisotopic (exact) mass is 237 g/mol. The van der Waals surface area contributed by atoms with Crippen LogP contribution < -0.4 is 5.32 Å². The van der Waals surface area contributed by atoms with Crippen LogP contribution in [0.15, 0.2) is 17.5 Å². The highest BCUT2D eigenvalue weighted by Crippen LogP contribution is 2.29. The van der Waals surface area contributed by atoms with Gasteiger partial charge in [-0.15, -0.1) is 11.3 Å². The van der Waals surface area contributed by atoms with Crippen LogP contribution >= 0.6 is 11.3 Å². The first-order chi connectivity index (χ1) is 7.81. The average molecular weight is 237 g/mol. The lowest BCUT2D eigenvalue weighted by atomic mass is 10.0. The molecule has 3 nitrogen and oxygen atoms in total. The molecular weight excluding hydrogens is 222 g/mol. The summed E-state index contributed by atoms with van der Waals surface area (Å²) in [5.74, 6) is -0.152. The fraction of sp³-hybridized carbons (Fsp3) is 0.583. The maximum Gasteiger partial charge on any atom is 0.348 e. The van der Waals surface area contributed by atoms with E-state index in [1.807, 2.05) is 17.5 Å². The fourth-order valence-corrected chi connectivity index (χ4v) is 3.31. The lowest BCUT2D eigenvalue weighted by molar-refractivity contribution is 0.0183. The summed E-state index contributed by atoms with van der Waals surface area (Å²) in [7, 11) is 0. The molecule has 0 amide bonds. The van der Waals surface area contributed by atoms with Crippen LogP contribution in [0.25, 0.3) is 0 Å². The van der Waals surface area contributed by atoms with Crippen LogP contribution in [-0.2, 0) is 4.74 Å². The SMILES string of the molecule is O=C(OC1C[C@H]2CC[C@@H](C1)N2)c1cccs1. The number of fused-ring (bicyclic) bond motifs is 2. The van der Waals surface area contributed by atoms with Crippen molar-refractivity contribution in [2.75, 3.05) is 0 Å². The maximum atomic E-state index is 11.8. The van der Waals surface area contributed by atoms with Gasteiger partial charge in [-0.1, -0.05) is 6.07 Å². The standard InChI is InChI=1S/C12H15NO2S/c14-12(11-2-1-5-16-11)15-10-6-8-3-4-9(7-10)13-8/h1-2,5,8-10,13H,3-4,6-7H2/t8-,9+,10?. The average Bonchev–Trinajstić information content (AvgIpc) is 2.88. The summed E-state index contributed by atoms with van der Waals surface area (Å²) in [6, 6.07) is 4.84. The van der Waals surface area contributed by atoms with E-state index < -0.39 is 0 Å². The molecule has 16 heavy (non-hydrogen) atoms. The van der Waals surface area contributed by atoms with E-state index in [9.17, 15) is 4.79 Å². The summed E-state index contributed by atoms with van der Waals surface area (Å²) in [5.41, 5.74) is 0. The van der Waals surface area contributed by atoms with Crippen molar-refractivity contribution in [1.29, 1.82) is 0 Å². The summed E-state index contributed by atoms with van der Waals surface area (Å²) >= 11 is 1.45. The minimum Gasteiger partial charge on any atom is -0.458 e. The number of carbonyl (C=O) groups excluding carboxylic acids is 1. The Hall–Kier alpha value is -0.870. The van der Waals surface area contributed by atoms with E-state index in [-0.39, 0.29) is 12.1 Å². The number of thiophene rings is 1. The van der Waals surface area contributed by atoms with E-state index in [0.29, 0.717) is 17.0 Å². The number of esters is 1. The Kier molecular flexibility index (Phi) is 2.69. The van der Waals surface area contributed by atoms with Crippen LogP contribution in [0.1, 0.15) is 35.4 Å². The summed E-state index contributed by atoms with van der Waals surface area (Å²) in [4.78, 5) is 12.5. The van der Waals surface area contributed by atoms with Crippen molar-refractivity contribution in [2.45, 2.75) is 43.9 Å². The zero-order chi connectivity index (χ0) is 11.0. The molecule has 2 bridgehead atoms. The smallest absolute Gasteiger partial charge is 0.348 e. The lowest BCUT2D eigenvalue weighted by Gasteiger charge is -2.28. The molecule has 2 fully saturated rings. The van der Waals surface area contributed by atoms with Gasteiger partial charge in [-0.05, 0) is 37.1 Å². The van der Waals surface area contributed by atoms with Crippen molar-refractivity contribution in [1.82, 2.24) is 5.32 Å². The Morgan fingerprint density at radius 2 is 2.12 bits per heavy atom. The van der Waals surface area contributed by atoms with Crippen molar-refractivity contribution in [3.8, 4) is 0 Å². The number of rotatable bonds is 2. The molecule has 1 aromatic heterocycles. The first-order valence-electron chi connectivity index (χ1n) is 5.82. The molecule has 0 saturated carbocycles. The van der Waals surface area contributed by atoms with Crippen LogP contribution in [0, 0.1) is 0 Å². The fourth-order valence-electron chi connectivity index (χ4n) is 2.71. The zero-order valence-corrected chi connectivity index (χ0v) is 9.83. The van der Waals surface area contributed by atoms with Crippen molar-refractivity contribution in [2.24, 2.45) is 0 Å². The quantitative estimate of drug-likeness (QED) is 0.801. The van der Waals surface area contributed by atoms with E-state index in [0.717, 1.165) is 12.8 Å². The van der Waals surface area contributed by atoms with E-state index in [4.69, 9.17) is 4.74 Å². The van der Waals surface area contributed by atoms with Gasteiger partial charge in [0.05, 0.1) is 0 Å². The Morgan fingerprint density at radius 3 is 2.75 bits per heavy atom. The van der Waals surface area contributed by atoms with Gasteiger partial charge in [0.1, 0.15) is 11.0 Å². The van der Waals surface area contributed by atoms with E-state index >= 15 is 0 Å². The van der Waals surface area contributed by atoms with Gasteiger partial charge < -0.3 is 10.1 Å². The highest BCUT2D eigenvalue weighted by molar-refractivity contribution is 7.11. The Morgan fingerprint density at radius 1 is 1.38 bits per heavy atom. The van der Waals surface area contributed by atoms with Crippen molar-refractivity contribution < 1.29 is 9.53 Å². The van der Waals surface area contributed by atoms with Gasteiger partial charge in [0, 0.05) is 12.1 Å². The summed E-state index contributed by atoms with van der Waals surface area (Å²) in [6.45, 7) is 0. The molecule has 4 heteroatoms. The highest BCUT2D eigenvalue weighted by atomic mass is 32.1. The molecule has 2 aliphatic heterocycles. The molecule has 2 saturated heterocycles.